The number of nitrogens with zero attached hydrogens (tertiary/aromatic N) is 2. The smallest absolute Gasteiger partial charge is 0.255 e. The third-order valence-corrected chi connectivity index (χ3v) is 6.40. The summed E-state index contributed by atoms with van der Waals surface area (Å²) in [7, 11) is 0. The van der Waals surface area contributed by atoms with E-state index in [-0.39, 0.29) is 17.7 Å². The van der Waals surface area contributed by atoms with Gasteiger partial charge < -0.3 is 15.1 Å². The third kappa shape index (κ3) is 4.66. The predicted octanol–water partition coefficient (Wildman–Crippen LogP) is 2.83. The molecule has 0 radical (unpaired) electrons. The zero-order valence-electron chi connectivity index (χ0n) is 17.1. The minimum absolute atomic E-state index is 0.0859. The van der Waals surface area contributed by atoms with Gasteiger partial charge in [0.15, 0.2) is 0 Å². The van der Waals surface area contributed by atoms with Crippen LogP contribution >= 0.6 is 11.8 Å². The number of carbonyl (C=O) groups is 3. The van der Waals surface area contributed by atoms with Gasteiger partial charge >= 0.3 is 0 Å². The molecule has 2 aliphatic heterocycles. The Morgan fingerprint density at radius 1 is 1.34 bits per heavy atom. The molecule has 1 atom stereocenters. The second-order valence-corrected chi connectivity index (χ2v) is 8.86. The molecule has 1 saturated heterocycles. The Hall–Kier alpha value is -2.28. The van der Waals surface area contributed by atoms with Crippen LogP contribution in [0.1, 0.15) is 42.6 Å². The first-order valence-electron chi connectivity index (χ1n) is 10.2. The fraction of sp³-hybridized carbons (Fsp3) is 0.500. The minimum atomic E-state index is -0.454. The number of carbonyl (C=O) groups excluding carboxylic acids is 3. The molecule has 0 aromatic heterocycles. The van der Waals surface area contributed by atoms with Crippen molar-refractivity contribution in [2.24, 2.45) is 5.92 Å². The first-order chi connectivity index (χ1) is 13.9. The van der Waals surface area contributed by atoms with E-state index in [2.05, 4.69) is 25.7 Å². The summed E-state index contributed by atoms with van der Waals surface area (Å²) in [5.74, 6) is 1.24. The van der Waals surface area contributed by atoms with Gasteiger partial charge in [-0.3, -0.25) is 14.4 Å². The molecule has 1 aromatic rings. The van der Waals surface area contributed by atoms with Crippen LogP contribution in [0.15, 0.2) is 30.9 Å². The van der Waals surface area contributed by atoms with Crippen LogP contribution in [0.3, 0.4) is 0 Å². The van der Waals surface area contributed by atoms with Crippen LogP contribution in [-0.4, -0.2) is 53.4 Å². The van der Waals surface area contributed by atoms with Gasteiger partial charge in [0.1, 0.15) is 6.04 Å². The molecule has 0 aliphatic carbocycles. The Balaban J connectivity index is 1.80. The molecule has 3 amide bonds. The number of anilines is 1. The first-order valence-corrected chi connectivity index (χ1v) is 11.3. The van der Waals surface area contributed by atoms with Crippen molar-refractivity contribution in [3.05, 3.63) is 42.0 Å². The average molecular weight is 416 g/mol. The second-order valence-electron chi connectivity index (χ2n) is 7.86. The van der Waals surface area contributed by atoms with Crippen LogP contribution in [0.2, 0.25) is 0 Å². The van der Waals surface area contributed by atoms with Crippen molar-refractivity contribution in [2.45, 2.75) is 39.2 Å². The monoisotopic (exact) mass is 415 g/mol. The lowest BCUT2D eigenvalue weighted by molar-refractivity contribution is -0.124. The molecule has 2 aliphatic rings. The lowest BCUT2D eigenvalue weighted by atomic mass is 9.95. The maximum absolute atomic E-state index is 13.4. The van der Waals surface area contributed by atoms with Gasteiger partial charge in [-0.2, -0.15) is 0 Å². The van der Waals surface area contributed by atoms with Crippen LogP contribution in [0.4, 0.5) is 5.69 Å². The maximum Gasteiger partial charge on any atom is 0.255 e. The molecular formula is C22H29N3O3S. The van der Waals surface area contributed by atoms with E-state index < -0.39 is 6.04 Å². The highest BCUT2D eigenvalue weighted by molar-refractivity contribution is 7.99. The molecule has 6 nitrogen and oxygen atoms in total. The summed E-state index contributed by atoms with van der Waals surface area (Å²) in [6.45, 7) is 9.06. The molecule has 7 heteroatoms. The van der Waals surface area contributed by atoms with Crippen molar-refractivity contribution in [1.82, 2.24) is 10.2 Å². The third-order valence-electron chi connectivity index (χ3n) is 5.39. The summed E-state index contributed by atoms with van der Waals surface area (Å²) in [6, 6.07) is 5.04. The van der Waals surface area contributed by atoms with Gasteiger partial charge in [-0.1, -0.05) is 26.5 Å². The molecule has 29 heavy (non-hydrogen) atoms. The number of thioether (sulfide) groups is 1. The second kappa shape index (κ2) is 9.48. The molecule has 1 unspecified atom stereocenters. The number of hydrogen-bond acceptors (Lipinski definition) is 4. The highest BCUT2D eigenvalue weighted by atomic mass is 32.2. The van der Waals surface area contributed by atoms with E-state index in [1.807, 2.05) is 12.1 Å². The normalized spacial score (nSPS) is 18.5. The quantitative estimate of drug-likeness (QED) is 0.726. The molecule has 2 heterocycles. The fourth-order valence-corrected chi connectivity index (χ4v) is 4.93. The van der Waals surface area contributed by atoms with Crippen LogP contribution in [0.5, 0.6) is 0 Å². The summed E-state index contributed by atoms with van der Waals surface area (Å²) in [6.07, 6.45) is 3.76. The first kappa shape index (κ1) is 21.4. The topological polar surface area (TPSA) is 69.7 Å². The minimum Gasteiger partial charge on any atom is -0.354 e. The highest BCUT2D eigenvalue weighted by Gasteiger charge is 2.36. The predicted molar refractivity (Wildman–Crippen MR) is 117 cm³/mol. The summed E-state index contributed by atoms with van der Waals surface area (Å²) < 4.78 is 0. The van der Waals surface area contributed by atoms with E-state index in [0.717, 1.165) is 30.5 Å². The Bertz CT molecular complexity index is 808. The van der Waals surface area contributed by atoms with Gasteiger partial charge in [-0.25, -0.2) is 0 Å². The van der Waals surface area contributed by atoms with Crippen LogP contribution < -0.4 is 10.2 Å². The lowest BCUT2D eigenvalue weighted by Gasteiger charge is -2.31. The van der Waals surface area contributed by atoms with Crippen molar-refractivity contribution < 1.29 is 14.4 Å². The Labute approximate surface area is 176 Å². The van der Waals surface area contributed by atoms with Crippen molar-refractivity contribution >= 4 is 35.2 Å². The molecule has 1 aromatic carbocycles. The average Bonchev–Trinajstić information content (AvgIpc) is 3.21. The molecule has 0 spiro atoms. The van der Waals surface area contributed by atoms with Crippen LogP contribution in [0.25, 0.3) is 0 Å². The SMILES string of the molecule is C=CC(=O)N1CCCc2c(C(=O)N3CSCC3C(=O)NCCC(C)C)cccc21. The number of hydrogen-bond donors (Lipinski definition) is 1. The lowest BCUT2D eigenvalue weighted by Crippen LogP contribution is -2.48. The maximum atomic E-state index is 13.4. The van der Waals surface area contributed by atoms with Gasteiger partial charge in [0, 0.05) is 30.1 Å². The van der Waals surface area contributed by atoms with Gasteiger partial charge in [0.05, 0.1) is 5.88 Å². The number of benzene rings is 1. The number of rotatable bonds is 6. The summed E-state index contributed by atoms with van der Waals surface area (Å²) in [5, 5.41) is 2.97. The van der Waals surface area contributed by atoms with E-state index in [9.17, 15) is 14.4 Å². The Morgan fingerprint density at radius 2 is 2.14 bits per heavy atom. The van der Waals surface area contributed by atoms with Crippen molar-refractivity contribution in [3.63, 3.8) is 0 Å². The van der Waals surface area contributed by atoms with Crippen molar-refractivity contribution in [3.8, 4) is 0 Å². The van der Waals surface area contributed by atoms with E-state index in [1.165, 1.54) is 6.08 Å². The Kier molecular flexibility index (Phi) is 7.00. The molecule has 0 saturated carbocycles. The zero-order chi connectivity index (χ0) is 21.0. The zero-order valence-corrected chi connectivity index (χ0v) is 18.0. The highest BCUT2D eigenvalue weighted by Crippen LogP contribution is 2.32. The fourth-order valence-electron chi connectivity index (χ4n) is 3.78. The van der Waals surface area contributed by atoms with Crippen molar-refractivity contribution in [2.75, 3.05) is 29.6 Å². The summed E-state index contributed by atoms with van der Waals surface area (Å²) in [5.41, 5.74) is 2.25. The number of amides is 3. The summed E-state index contributed by atoms with van der Waals surface area (Å²) >= 11 is 1.59. The van der Waals surface area contributed by atoms with Crippen molar-refractivity contribution in [1.29, 1.82) is 0 Å². The molecule has 1 fully saturated rings. The number of nitrogens with one attached hydrogen (secondary N) is 1. The van der Waals surface area contributed by atoms with E-state index in [4.69, 9.17) is 0 Å². The van der Waals surface area contributed by atoms with E-state index >= 15 is 0 Å². The molecule has 3 rings (SSSR count). The molecular weight excluding hydrogens is 386 g/mol. The number of fused-ring (bicyclic) bond motifs is 1. The van der Waals surface area contributed by atoms with Gasteiger partial charge in [-0.15, -0.1) is 11.8 Å². The van der Waals surface area contributed by atoms with Crippen LogP contribution in [-0.2, 0) is 16.0 Å². The van der Waals surface area contributed by atoms with E-state index in [1.54, 1.807) is 27.6 Å². The standard InChI is InChI=1S/C22H29N3O3S/c1-4-20(26)24-12-6-8-16-17(7-5-9-18(16)24)22(28)25-14-29-13-19(25)21(27)23-11-10-15(2)3/h4-5,7,9,15,19H,1,6,8,10-14H2,2-3H3,(H,23,27). The molecule has 1 N–H and O–H groups in total. The molecule has 0 bridgehead atoms. The van der Waals surface area contributed by atoms with Crippen LogP contribution in [0, 0.1) is 5.92 Å². The van der Waals surface area contributed by atoms with Gasteiger partial charge in [0.25, 0.3) is 5.91 Å². The summed E-state index contributed by atoms with van der Waals surface area (Å²) in [4.78, 5) is 41.6. The van der Waals surface area contributed by atoms with Gasteiger partial charge in [-0.05, 0) is 49.0 Å². The van der Waals surface area contributed by atoms with E-state index in [0.29, 0.717) is 36.2 Å². The Morgan fingerprint density at radius 3 is 2.86 bits per heavy atom. The molecule has 156 valence electrons. The largest absolute Gasteiger partial charge is 0.354 e. The van der Waals surface area contributed by atoms with Gasteiger partial charge in [0.2, 0.25) is 11.8 Å².